The summed E-state index contributed by atoms with van der Waals surface area (Å²) in [6, 6.07) is 4.94. The Kier molecular flexibility index (Phi) is 11.7. The number of carboxylic acid groups (broad SMARTS) is 1. The molecule has 1 aromatic carbocycles. The zero-order chi connectivity index (χ0) is 28.2. The van der Waals surface area contributed by atoms with Gasteiger partial charge in [0.15, 0.2) is 6.10 Å². The van der Waals surface area contributed by atoms with E-state index < -0.39 is 24.5 Å². The van der Waals surface area contributed by atoms with E-state index in [9.17, 15) is 29.4 Å². The van der Waals surface area contributed by atoms with Crippen molar-refractivity contribution in [3.63, 3.8) is 0 Å². The third-order valence-corrected chi connectivity index (χ3v) is 6.17. The predicted molar refractivity (Wildman–Crippen MR) is 135 cm³/mol. The Hall–Kier alpha value is -3.52. The van der Waals surface area contributed by atoms with Gasteiger partial charge in [-0.2, -0.15) is 0 Å². The van der Waals surface area contributed by atoms with E-state index in [1.54, 1.807) is 18.2 Å². The minimum Gasteiger partial charge on any atom is -0.493 e. The number of hydrogen-bond acceptors (Lipinski definition) is 10. The first-order valence-corrected chi connectivity index (χ1v) is 12.9. The Balaban J connectivity index is 1.36. The summed E-state index contributed by atoms with van der Waals surface area (Å²) in [5, 5.41) is 22.0. The van der Waals surface area contributed by atoms with Crippen LogP contribution in [0.1, 0.15) is 50.5 Å². The number of ether oxygens (including phenoxy) is 3. The van der Waals surface area contributed by atoms with Crippen LogP contribution in [-0.4, -0.2) is 77.0 Å². The summed E-state index contributed by atoms with van der Waals surface area (Å²) in [7, 11) is 0. The fourth-order valence-electron chi connectivity index (χ4n) is 4.15. The molecule has 13 heteroatoms. The fourth-order valence-corrected chi connectivity index (χ4v) is 4.15. The number of nitrogens with zero attached hydrogens (tertiary/aromatic N) is 1. The molecule has 214 valence electrons. The second-order valence-electron chi connectivity index (χ2n) is 9.24. The molecule has 1 fully saturated rings. The van der Waals surface area contributed by atoms with Gasteiger partial charge in [0.1, 0.15) is 11.5 Å². The lowest BCUT2D eigenvalue weighted by atomic mass is 10.1. The molecule has 0 saturated carbocycles. The van der Waals surface area contributed by atoms with E-state index in [-0.39, 0.29) is 43.8 Å². The maximum Gasteiger partial charge on any atom is 0.333 e. The molecular weight excluding hydrogens is 514 g/mol. The van der Waals surface area contributed by atoms with Gasteiger partial charge in [-0.1, -0.05) is 6.42 Å². The average molecular weight is 550 g/mol. The Bertz CT molecular complexity index is 1030. The van der Waals surface area contributed by atoms with Crippen LogP contribution in [0.15, 0.2) is 30.4 Å². The number of aliphatic carboxylic acids is 1. The monoisotopic (exact) mass is 549 g/mol. The summed E-state index contributed by atoms with van der Waals surface area (Å²) in [5.41, 5.74) is 0.662. The first-order chi connectivity index (χ1) is 18.8. The summed E-state index contributed by atoms with van der Waals surface area (Å²) in [6.45, 7) is 1.13. The van der Waals surface area contributed by atoms with E-state index in [1.807, 2.05) is 0 Å². The summed E-state index contributed by atoms with van der Waals surface area (Å²) >= 11 is 0. The topological polar surface area (TPSA) is 187 Å². The van der Waals surface area contributed by atoms with E-state index in [0.717, 1.165) is 6.42 Å². The highest BCUT2D eigenvalue weighted by Crippen LogP contribution is 2.29. The van der Waals surface area contributed by atoms with Gasteiger partial charge in [0.05, 0.1) is 19.3 Å². The van der Waals surface area contributed by atoms with Crippen LogP contribution in [0.4, 0.5) is 0 Å². The number of aliphatic hydroxyl groups excluding tert-OH is 1. The molecule has 0 radical (unpaired) electrons. The highest BCUT2D eigenvalue weighted by molar-refractivity contribution is 6.12. The third-order valence-electron chi connectivity index (χ3n) is 6.17. The van der Waals surface area contributed by atoms with Gasteiger partial charge in [-0.25, -0.2) is 10.7 Å². The number of amides is 3. The fraction of sp³-hybridized carbons (Fsp3) is 0.538. The average Bonchev–Trinajstić information content (AvgIpc) is 3.21. The van der Waals surface area contributed by atoms with Crippen LogP contribution in [0.5, 0.6) is 11.5 Å². The number of aliphatic hydroxyl groups is 1. The molecule has 1 saturated heterocycles. The SMILES string of the molecule is NOCc1ccc(OC2CC(O)CC(C(=O)O)O2)cc1OCCCNC(=O)CCCCCN1C(=O)C=CC1=O. The minimum atomic E-state index is -1.17. The second-order valence-corrected chi connectivity index (χ2v) is 9.24. The molecule has 3 amide bonds. The highest BCUT2D eigenvalue weighted by atomic mass is 16.7. The van der Waals surface area contributed by atoms with Gasteiger partial charge >= 0.3 is 5.97 Å². The molecule has 39 heavy (non-hydrogen) atoms. The number of unbranched alkanes of at least 4 members (excludes halogenated alkanes) is 2. The van der Waals surface area contributed by atoms with Crippen LogP contribution < -0.4 is 20.7 Å². The normalized spacial score (nSPS) is 20.8. The largest absolute Gasteiger partial charge is 0.493 e. The lowest BCUT2D eigenvalue weighted by Crippen LogP contribution is -2.42. The Morgan fingerprint density at radius 1 is 1.10 bits per heavy atom. The van der Waals surface area contributed by atoms with Crippen molar-refractivity contribution in [3.8, 4) is 11.5 Å². The van der Waals surface area contributed by atoms with Crippen LogP contribution in [0.3, 0.4) is 0 Å². The van der Waals surface area contributed by atoms with Gasteiger partial charge in [0.25, 0.3) is 11.8 Å². The van der Waals surface area contributed by atoms with E-state index >= 15 is 0 Å². The number of imide groups is 1. The molecule has 3 unspecified atom stereocenters. The number of carbonyl (C=O) groups is 4. The molecular formula is C26H35N3O10. The van der Waals surface area contributed by atoms with Crippen molar-refractivity contribution >= 4 is 23.7 Å². The molecule has 2 aliphatic heterocycles. The van der Waals surface area contributed by atoms with Gasteiger partial charge < -0.3 is 29.7 Å². The number of carboxylic acids is 1. The molecule has 0 aliphatic carbocycles. The van der Waals surface area contributed by atoms with Gasteiger partial charge in [-0.05, 0) is 31.4 Å². The lowest BCUT2D eigenvalue weighted by Gasteiger charge is -2.31. The van der Waals surface area contributed by atoms with Crippen molar-refractivity contribution in [1.29, 1.82) is 0 Å². The molecule has 13 nitrogen and oxygen atoms in total. The van der Waals surface area contributed by atoms with Crippen LogP contribution in [0, 0.1) is 0 Å². The first kappa shape index (κ1) is 30.0. The van der Waals surface area contributed by atoms with Crippen molar-refractivity contribution < 1.29 is 48.4 Å². The van der Waals surface area contributed by atoms with E-state index in [0.29, 0.717) is 55.8 Å². The van der Waals surface area contributed by atoms with E-state index in [1.165, 1.54) is 17.1 Å². The van der Waals surface area contributed by atoms with Crippen molar-refractivity contribution in [2.24, 2.45) is 5.90 Å². The van der Waals surface area contributed by atoms with E-state index in [4.69, 9.17) is 24.9 Å². The van der Waals surface area contributed by atoms with Crippen molar-refractivity contribution in [1.82, 2.24) is 10.2 Å². The molecule has 2 heterocycles. The molecule has 3 rings (SSSR count). The molecule has 0 aromatic heterocycles. The molecule has 2 aliphatic rings. The summed E-state index contributed by atoms with van der Waals surface area (Å²) in [5.74, 6) is 4.17. The summed E-state index contributed by atoms with van der Waals surface area (Å²) in [4.78, 5) is 52.2. The molecule has 0 bridgehead atoms. The Morgan fingerprint density at radius 2 is 1.87 bits per heavy atom. The highest BCUT2D eigenvalue weighted by Gasteiger charge is 2.34. The van der Waals surface area contributed by atoms with Gasteiger partial charge in [-0.3, -0.25) is 24.1 Å². The Labute approximate surface area is 225 Å². The van der Waals surface area contributed by atoms with Gasteiger partial charge in [-0.15, -0.1) is 0 Å². The standard InChI is InChI=1S/C26H35N3O10/c27-37-16-17-6-7-19(38-25-14-18(30)13-21(39-25)26(34)35)15-20(17)36-12-4-10-28-22(31)5-2-1-3-11-29-23(32)8-9-24(29)33/h6-9,15,18,21,25,30H,1-5,10-14,16,27H2,(H,28,31)(H,34,35). The lowest BCUT2D eigenvalue weighted by molar-refractivity contribution is -0.195. The van der Waals surface area contributed by atoms with E-state index in [2.05, 4.69) is 5.32 Å². The smallest absolute Gasteiger partial charge is 0.333 e. The predicted octanol–water partition coefficient (Wildman–Crippen LogP) is 0.777. The van der Waals surface area contributed by atoms with Crippen LogP contribution >= 0.6 is 0 Å². The van der Waals surface area contributed by atoms with Gasteiger partial charge in [0.2, 0.25) is 12.2 Å². The molecule has 3 atom stereocenters. The quantitative estimate of drug-likeness (QED) is 0.130. The Morgan fingerprint density at radius 3 is 2.59 bits per heavy atom. The second kappa shape index (κ2) is 15.2. The van der Waals surface area contributed by atoms with Gasteiger partial charge in [0, 0.05) is 56.1 Å². The zero-order valence-electron chi connectivity index (χ0n) is 21.6. The van der Waals surface area contributed by atoms with Crippen LogP contribution in [0.25, 0.3) is 0 Å². The number of rotatable bonds is 16. The minimum absolute atomic E-state index is 0.00610. The zero-order valence-corrected chi connectivity index (χ0v) is 21.6. The number of benzene rings is 1. The van der Waals surface area contributed by atoms with Crippen molar-refractivity contribution in [2.75, 3.05) is 19.7 Å². The van der Waals surface area contributed by atoms with Crippen molar-refractivity contribution in [2.45, 2.75) is 70.1 Å². The van der Waals surface area contributed by atoms with Crippen molar-refractivity contribution in [3.05, 3.63) is 35.9 Å². The molecule has 0 spiro atoms. The van der Waals surface area contributed by atoms with Crippen LogP contribution in [0.2, 0.25) is 0 Å². The van der Waals surface area contributed by atoms with Crippen LogP contribution in [-0.2, 0) is 35.4 Å². The molecule has 5 N–H and O–H groups in total. The maximum absolute atomic E-state index is 12.1. The summed E-state index contributed by atoms with van der Waals surface area (Å²) < 4.78 is 17.0. The number of nitrogens with one attached hydrogen (secondary N) is 1. The number of carbonyl (C=O) groups excluding carboxylic acids is 3. The first-order valence-electron chi connectivity index (χ1n) is 12.9. The summed E-state index contributed by atoms with van der Waals surface area (Å²) in [6.07, 6.45) is 2.58. The number of hydrogen-bond donors (Lipinski definition) is 4. The maximum atomic E-state index is 12.1. The number of nitrogens with two attached hydrogens (primary N) is 1. The molecule has 1 aromatic rings. The third kappa shape index (κ3) is 9.62.